The number of hydrogen-bond donors (Lipinski definition) is 0. The zero-order valence-corrected chi connectivity index (χ0v) is 24.5. The number of allylic oxidation sites excluding steroid dienone is 1. The average Bonchev–Trinajstić information content (AvgIpc) is 3.25. The van der Waals surface area contributed by atoms with E-state index < -0.39 is 0 Å². The summed E-state index contributed by atoms with van der Waals surface area (Å²) in [6, 6.07) is 9.49. The van der Waals surface area contributed by atoms with Crippen molar-refractivity contribution in [1.82, 2.24) is 0 Å². The van der Waals surface area contributed by atoms with Crippen LogP contribution in [0.2, 0.25) is 0 Å². The van der Waals surface area contributed by atoms with Crippen molar-refractivity contribution < 1.29 is 9.53 Å². The Morgan fingerprint density at radius 2 is 1.70 bits per heavy atom. The number of carbonyl (C=O) groups excluding carboxylic acids is 1. The van der Waals surface area contributed by atoms with Crippen LogP contribution in [0.15, 0.2) is 42.0 Å². The minimum absolute atomic E-state index is 0.0300. The Morgan fingerprint density at radius 1 is 0.946 bits per heavy atom. The predicted molar refractivity (Wildman–Crippen MR) is 153 cm³/mol. The van der Waals surface area contributed by atoms with Gasteiger partial charge in [-0.15, -0.1) is 0 Å². The highest BCUT2D eigenvalue weighted by Gasteiger charge is 2.59. The minimum Gasteiger partial charge on any atom is -0.458 e. The monoisotopic (exact) mass is 504 g/mol. The van der Waals surface area contributed by atoms with Gasteiger partial charge in [0.15, 0.2) is 0 Å². The number of carbonyl (C=O) groups is 1. The molecule has 3 saturated carbocycles. The maximum absolute atomic E-state index is 12.7. The summed E-state index contributed by atoms with van der Waals surface area (Å²) in [5.74, 6) is 5.80. The highest BCUT2D eigenvalue weighted by Crippen LogP contribution is 2.67. The Labute approximate surface area is 227 Å². The number of fused-ring (bicyclic) bond motifs is 5. The van der Waals surface area contributed by atoms with Crippen molar-refractivity contribution in [1.29, 1.82) is 0 Å². The summed E-state index contributed by atoms with van der Waals surface area (Å²) in [4.78, 5) is 12.7. The van der Waals surface area contributed by atoms with E-state index in [0.29, 0.717) is 16.4 Å². The molecule has 4 aliphatic carbocycles. The van der Waals surface area contributed by atoms with Gasteiger partial charge < -0.3 is 4.74 Å². The molecule has 0 N–H and O–H groups in total. The zero-order chi connectivity index (χ0) is 26.4. The predicted octanol–water partition coefficient (Wildman–Crippen LogP) is 9.50. The third-order valence-corrected chi connectivity index (χ3v) is 12.3. The molecule has 0 aliphatic heterocycles. The SMILES string of the molecule is CC(C)[C@@H](C)CC[C@@H](C)[C@@H]1CC[C@@H]2[C@H]3CC=C4C[C@@H](OC(=O)c5ccccc5)CC[C@]4(C)[C@@H]3CC[C@]21C. The molecule has 37 heavy (non-hydrogen) atoms. The van der Waals surface area contributed by atoms with E-state index >= 15 is 0 Å². The second-order valence-electron chi connectivity index (χ2n) is 14.4. The molecular formula is C35H52O2. The second kappa shape index (κ2) is 10.5. The molecule has 1 aromatic carbocycles. The quantitative estimate of drug-likeness (QED) is 0.273. The van der Waals surface area contributed by atoms with E-state index in [0.717, 1.165) is 54.3 Å². The van der Waals surface area contributed by atoms with Crippen molar-refractivity contribution >= 4 is 5.97 Å². The van der Waals surface area contributed by atoms with Crippen LogP contribution in [0.5, 0.6) is 0 Å². The van der Waals surface area contributed by atoms with Crippen LogP contribution < -0.4 is 0 Å². The average molecular weight is 505 g/mol. The van der Waals surface area contributed by atoms with Crippen LogP contribution in [-0.2, 0) is 4.74 Å². The first-order valence-corrected chi connectivity index (χ1v) is 15.6. The molecule has 9 atom stereocenters. The first kappa shape index (κ1) is 27.0. The highest BCUT2D eigenvalue weighted by atomic mass is 16.5. The van der Waals surface area contributed by atoms with E-state index in [1.807, 2.05) is 30.3 Å². The van der Waals surface area contributed by atoms with E-state index in [-0.39, 0.29) is 12.1 Å². The van der Waals surface area contributed by atoms with E-state index in [9.17, 15) is 4.79 Å². The standard InChI is InChI=1S/C35H52O2/c1-23(2)24(3)12-13-25(4)30-16-17-31-29-15-14-27-22-28(37-33(36)26-10-8-7-9-11-26)18-20-34(27,5)32(29)19-21-35(30,31)6/h7-11,14,23-25,28-32H,12-13,15-22H2,1-6H3/t24-,25+,28-,29+,30-,31+,32+,34-,35-/m0/s1. The number of benzene rings is 1. The van der Waals surface area contributed by atoms with Crippen LogP contribution in [0.1, 0.15) is 116 Å². The molecular weight excluding hydrogens is 452 g/mol. The van der Waals surface area contributed by atoms with Gasteiger partial charge in [0.1, 0.15) is 6.10 Å². The molecule has 3 fully saturated rings. The summed E-state index contributed by atoms with van der Waals surface area (Å²) in [5.41, 5.74) is 3.10. The normalized spacial score (nSPS) is 38.7. The Kier molecular flexibility index (Phi) is 7.69. The number of rotatable bonds is 7. The van der Waals surface area contributed by atoms with E-state index in [2.05, 4.69) is 47.6 Å². The molecule has 1 aromatic rings. The van der Waals surface area contributed by atoms with Crippen molar-refractivity contribution in [3.63, 3.8) is 0 Å². The van der Waals surface area contributed by atoms with Gasteiger partial charge in [0, 0.05) is 6.42 Å². The van der Waals surface area contributed by atoms with Gasteiger partial charge in [-0.1, -0.05) is 84.2 Å². The summed E-state index contributed by atoms with van der Waals surface area (Å²) in [7, 11) is 0. The molecule has 0 aromatic heterocycles. The van der Waals surface area contributed by atoms with Gasteiger partial charge in [0.25, 0.3) is 0 Å². The lowest BCUT2D eigenvalue weighted by atomic mass is 9.47. The van der Waals surface area contributed by atoms with Crippen LogP contribution in [0.25, 0.3) is 0 Å². The largest absolute Gasteiger partial charge is 0.458 e. The van der Waals surface area contributed by atoms with Crippen molar-refractivity contribution in [2.75, 3.05) is 0 Å². The lowest BCUT2D eigenvalue weighted by molar-refractivity contribution is -0.0596. The van der Waals surface area contributed by atoms with Crippen LogP contribution in [0.3, 0.4) is 0 Å². The fourth-order valence-corrected chi connectivity index (χ4v) is 9.56. The Morgan fingerprint density at radius 3 is 2.43 bits per heavy atom. The topological polar surface area (TPSA) is 26.3 Å². The van der Waals surface area contributed by atoms with Gasteiger partial charge in [0.05, 0.1) is 5.56 Å². The molecule has 0 radical (unpaired) electrons. The van der Waals surface area contributed by atoms with Crippen molar-refractivity contribution in [3.8, 4) is 0 Å². The Balaban J connectivity index is 1.25. The molecule has 0 amide bonds. The molecule has 204 valence electrons. The third-order valence-electron chi connectivity index (χ3n) is 12.3. The molecule has 0 spiro atoms. The smallest absolute Gasteiger partial charge is 0.338 e. The van der Waals surface area contributed by atoms with E-state index in [1.165, 1.54) is 51.4 Å². The molecule has 2 nitrogen and oxygen atoms in total. The summed E-state index contributed by atoms with van der Waals surface area (Å²) < 4.78 is 6.01. The Bertz CT molecular complexity index is 978. The molecule has 4 aliphatic rings. The molecule has 2 heteroatoms. The van der Waals surface area contributed by atoms with E-state index in [1.54, 1.807) is 5.57 Å². The lowest BCUT2D eigenvalue weighted by Crippen LogP contribution is -2.51. The molecule has 0 heterocycles. The molecule has 0 bridgehead atoms. The summed E-state index contributed by atoms with van der Waals surface area (Å²) in [5, 5.41) is 0. The zero-order valence-electron chi connectivity index (χ0n) is 24.5. The highest BCUT2D eigenvalue weighted by molar-refractivity contribution is 5.89. The summed E-state index contributed by atoms with van der Waals surface area (Å²) in [6.45, 7) is 15.1. The second-order valence-corrected chi connectivity index (χ2v) is 14.4. The fourth-order valence-electron chi connectivity index (χ4n) is 9.56. The van der Waals surface area contributed by atoms with Gasteiger partial charge in [-0.25, -0.2) is 4.79 Å². The first-order chi connectivity index (χ1) is 17.6. The maximum atomic E-state index is 12.7. The molecule has 0 unspecified atom stereocenters. The van der Waals surface area contributed by atoms with Crippen LogP contribution in [0, 0.1) is 52.3 Å². The van der Waals surface area contributed by atoms with Crippen LogP contribution >= 0.6 is 0 Å². The van der Waals surface area contributed by atoms with Gasteiger partial charge in [0.2, 0.25) is 0 Å². The van der Waals surface area contributed by atoms with Crippen LogP contribution in [-0.4, -0.2) is 12.1 Å². The summed E-state index contributed by atoms with van der Waals surface area (Å²) in [6.07, 6.45) is 15.5. The van der Waals surface area contributed by atoms with Crippen molar-refractivity contribution in [2.24, 2.45) is 52.3 Å². The van der Waals surface area contributed by atoms with Gasteiger partial charge >= 0.3 is 5.97 Å². The lowest BCUT2D eigenvalue weighted by Gasteiger charge is -2.58. The van der Waals surface area contributed by atoms with E-state index in [4.69, 9.17) is 4.74 Å². The van der Waals surface area contributed by atoms with Gasteiger partial charge in [-0.2, -0.15) is 0 Å². The van der Waals surface area contributed by atoms with Crippen molar-refractivity contribution in [2.45, 2.75) is 112 Å². The minimum atomic E-state index is -0.161. The number of hydrogen-bond acceptors (Lipinski definition) is 2. The maximum Gasteiger partial charge on any atom is 0.338 e. The van der Waals surface area contributed by atoms with Gasteiger partial charge in [-0.3, -0.25) is 0 Å². The first-order valence-electron chi connectivity index (χ1n) is 15.6. The number of esters is 1. The van der Waals surface area contributed by atoms with Crippen LogP contribution in [0.4, 0.5) is 0 Å². The fraction of sp³-hybridized carbons (Fsp3) is 0.743. The molecule has 0 saturated heterocycles. The Hall–Kier alpha value is -1.57. The van der Waals surface area contributed by atoms with Crippen molar-refractivity contribution in [3.05, 3.63) is 47.5 Å². The summed E-state index contributed by atoms with van der Waals surface area (Å²) >= 11 is 0. The van der Waals surface area contributed by atoms with Gasteiger partial charge in [-0.05, 0) is 109 Å². The number of ether oxygens (including phenoxy) is 1. The third kappa shape index (κ3) is 4.96. The molecule has 5 rings (SSSR count).